The van der Waals surface area contributed by atoms with E-state index in [0.717, 1.165) is 16.0 Å². The van der Waals surface area contributed by atoms with Crippen molar-refractivity contribution in [1.29, 1.82) is 0 Å². The topological polar surface area (TPSA) is 78.9 Å². The lowest BCUT2D eigenvalue weighted by molar-refractivity contribution is -0.123. The number of rotatable bonds is 4. The van der Waals surface area contributed by atoms with Gasteiger partial charge >= 0.3 is 6.03 Å². The van der Waals surface area contributed by atoms with Crippen LogP contribution in [0.25, 0.3) is 6.08 Å². The Kier molecular flexibility index (Phi) is 4.86. The van der Waals surface area contributed by atoms with Gasteiger partial charge in [0.1, 0.15) is 5.70 Å². The molecule has 0 radical (unpaired) electrons. The summed E-state index contributed by atoms with van der Waals surface area (Å²) in [6.45, 7) is 2.10. The highest BCUT2D eigenvalue weighted by molar-refractivity contribution is 6.31. The first kappa shape index (κ1) is 17.8. The molecule has 0 aliphatic carbocycles. The fourth-order valence-corrected chi connectivity index (χ4v) is 2.94. The zero-order chi connectivity index (χ0) is 18.8. The van der Waals surface area contributed by atoms with Crippen molar-refractivity contribution < 1.29 is 19.4 Å². The summed E-state index contributed by atoms with van der Waals surface area (Å²) in [5, 5.41) is 13.0. The number of nitrogens with zero attached hydrogens (tertiary/aromatic N) is 1. The fraction of sp³-hybridized carbons (Fsp3) is 0.158. The van der Waals surface area contributed by atoms with E-state index in [4.69, 9.17) is 16.3 Å². The Balaban J connectivity index is 1.89. The average Bonchev–Trinajstić information content (AvgIpc) is 2.85. The van der Waals surface area contributed by atoms with Crippen molar-refractivity contribution >= 4 is 29.6 Å². The molecular weight excluding hydrogens is 356 g/mol. The van der Waals surface area contributed by atoms with E-state index in [0.29, 0.717) is 5.02 Å². The molecule has 1 heterocycles. The smallest absolute Gasteiger partial charge is 0.329 e. The van der Waals surface area contributed by atoms with E-state index in [1.54, 1.807) is 0 Å². The molecule has 0 bridgehead atoms. The molecule has 1 aliphatic heterocycles. The maximum atomic E-state index is 12.6. The molecule has 2 N–H and O–H groups in total. The predicted molar refractivity (Wildman–Crippen MR) is 97.9 cm³/mol. The molecule has 3 amide bonds. The van der Waals surface area contributed by atoms with Gasteiger partial charge < -0.3 is 15.2 Å². The molecule has 0 spiro atoms. The Hall–Kier alpha value is -2.99. The van der Waals surface area contributed by atoms with Crippen LogP contribution in [0.15, 0.2) is 42.1 Å². The Morgan fingerprint density at radius 2 is 2.04 bits per heavy atom. The minimum atomic E-state index is -0.517. The first-order valence-corrected chi connectivity index (χ1v) is 8.23. The molecule has 134 valence electrons. The number of carbonyl (C=O) groups is 2. The second-order valence-electron chi connectivity index (χ2n) is 5.91. The number of urea groups is 1. The average molecular weight is 373 g/mol. The van der Waals surface area contributed by atoms with Gasteiger partial charge in [0, 0.05) is 16.7 Å². The third kappa shape index (κ3) is 3.50. The third-order valence-corrected chi connectivity index (χ3v) is 4.19. The van der Waals surface area contributed by atoms with Crippen LogP contribution in [0.5, 0.6) is 11.5 Å². The number of halogens is 1. The van der Waals surface area contributed by atoms with E-state index in [1.807, 2.05) is 31.2 Å². The number of methoxy groups -OCH3 is 1. The molecule has 1 saturated heterocycles. The Morgan fingerprint density at radius 3 is 2.73 bits per heavy atom. The van der Waals surface area contributed by atoms with Crippen LogP contribution in [-0.2, 0) is 11.3 Å². The fourth-order valence-electron chi connectivity index (χ4n) is 2.72. The number of benzene rings is 2. The molecule has 6 nitrogen and oxygen atoms in total. The van der Waals surface area contributed by atoms with Crippen molar-refractivity contribution in [2.45, 2.75) is 13.5 Å². The van der Waals surface area contributed by atoms with Crippen molar-refractivity contribution in [2.24, 2.45) is 0 Å². The summed E-state index contributed by atoms with van der Waals surface area (Å²) in [6, 6.07) is 9.99. The van der Waals surface area contributed by atoms with Crippen molar-refractivity contribution in [1.82, 2.24) is 10.2 Å². The van der Waals surface area contributed by atoms with Crippen LogP contribution in [0.4, 0.5) is 4.79 Å². The number of hydrogen-bond donors (Lipinski definition) is 2. The molecule has 0 aromatic heterocycles. The van der Waals surface area contributed by atoms with Crippen molar-refractivity contribution in [3.05, 3.63) is 63.8 Å². The maximum Gasteiger partial charge on any atom is 0.329 e. The molecular formula is C19H17ClN2O4. The minimum Gasteiger partial charge on any atom is -0.504 e. The summed E-state index contributed by atoms with van der Waals surface area (Å²) in [7, 11) is 1.40. The quantitative estimate of drug-likeness (QED) is 0.636. The third-order valence-electron chi connectivity index (χ3n) is 3.97. The number of carbonyl (C=O) groups excluding carboxylic acids is 2. The normalized spacial score (nSPS) is 15.5. The van der Waals surface area contributed by atoms with Crippen molar-refractivity contribution in [3.8, 4) is 11.5 Å². The Bertz CT molecular complexity index is 924. The molecule has 2 aromatic rings. The first-order valence-electron chi connectivity index (χ1n) is 7.85. The zero-order valence-electron chi connectivity index (χ0n) is 14.2. The molecule has 0 saturated carbocycles. The highest BCUT2D eigenvalue weighted by Crippen LogP contribution is 2.35. The van der Waals surface area contributed by atoms with Gasteiger partial charge in [-0.05, 0) is 24.6 Å². The van der Waals surface area contributed by atoms with Crippen LogP contribution in [-0.4, -0.2) is 29.1 Å². The van der Waals surface area contributed by atoms with Crippen LogP contribution in [0.2, 0.25) is 5.02 Å². The number of aromatic hydroxyl groups is 1. The van der Waals surface area contributed by atoms with Gasteiger partial charge in [0.2, 0.25) is 0 Å². The number of phenols is 1. The lowest BCUT2D eigenvalue weighted by atomic mass is 10.1. The van der Waals surface area contributed by atoms with Crippen LogP contribution in [0.1, 0.15) is 16.7 Å². The zero-order valence-corrected chi connectivity index (χ0v) is 15.0. The van der Waals surface area contributed by atoms with Crippen LogP contribution >= 0.6 is 11.6 Å². The van der Waals surface area contributed by atoms with Gasteiger partial charge in [-0.15, -0.1) is 0 Å². The van der Waals surface area contributed by atoms with Gasteiger partial charge in [0.25, 0.3) is 5.91 Å². The molecule has 3 rings (SSSR count). The van der Waals surface area contributed by atoms with Gasteiger partial charge in [-0.3, -0.25) is 9.69 Å². The van der Waals surface area contributed by atoms with Gasteiger partial charge in [-0.1, -0.05) is 41.4 Å². The molecule has 26 heavy (non-hydrogen) atoms. The molecule has 1 aliphatic rings. The number of imide groups is 1. The van der Waals surface area contributed by atoms with E-state index < -0.39 is 11.9 Å². The minimum absolute atomic E-state index is 0.0577. The summed E-state index contributed by atoms with van der Waals surface area (Å²) < 4.78 is 5.04. The van der Waals surface area contributed by atoms with Crippen LogP contribution < -0.4 is 10.1 Å². The Labute approximate surface area is 155 Å². The summed E-state index contributed by atoms with van der Waals surface area (Å²) in [5.74, 6) is -0.462. The first-order chi connectivity index (χ1) is 12.4. The largest absolute Gasteiger partial charge is 0.504 e. The number of ether oxygens (including phenoxy) is 1. The summed E-state index contributed by atoms with van der Waals surface area (Å²) in [6.07, 6.45) is 1.38. The monoisotopic (exact) mass is 372 g/mol. The summed E-state index contributed by atoms with van der Waals surface area (Å²) >= 11 is 6.00. The molecule has 2 aromatic carbocycles. The van der Waals surface area contributed by atoms with E-state index >= 15 is 0 Å². The number of aryl methyl sites for hydroxylation is 1. The highest BCUT2D eigenvalue weighted by Gasteiger charge is 2.33. The van der Waals surface area contributed by atoms with Gasteiger partial charge in [0.15, 0.2) is 11.5 Å². The lowest BCUT2D eigenvalue weighted by Crippen LogP contribution is -2.30. The Morgan fingerprint density at radius 1 is 1.27 bits per heavy atom. The van der Waals surface area contributed by atoms with Crippen LogP contribution in [0, 0.1) is 6.92 Å². The molecule has 1 fully saturated rings. The summed E-state index contributed by atoms with van der Waals surface area (Å²) in [5.41, 5.74) is 2.22. The van der Waals surface area contributed by atoms with E-state index in [1.165, 1.54) is 25.3 Å². The summed E-state index contributed by atoms with van der Waals surface area (Å²) in [4.78, 5) is 25.9. The van der Waals surface area contributed by atoms with Gasteiger partial charge in [-0.25, -0.2) is 4.79 Å². The molecule has 7 heteroatoms. The molecule has 0 unspecified atom stereocenters. The molecule has 0 atom stereocenters. The lowest BCUT2D eigenvalue weighted by Gasteiger charge is -2.12. The van der Waals surface area contributed by atoms with E-state index in [-0.39, 0.29) is 29.3 Å². The second-order valence-corrected chi connectivity index (χ2v) is 6.35. The highest BCUT2D eigenvalue weighted by atomic mass is 35.5. The number of hydrogen-bond acceptors (Lipinski definition) is 4. The van der Waals surface area contributed by atoms with Crippen molar-refractivity contribution in [2.75, 3.05) is 7.11 Å². The number of nitrogens with one attached hydrogen (secondary N) is 1. The second kappa shape index (κ2) is 7.09. The van der Waals surface area contributed by atoms with E-state index in [2.05, 4.69) is 5.32 Å². The van der Waals surface area contributed by atoms with Gasteiger partial charge in [-0.2, -0.15) is 0 Å². The predicted octanol–water partition coefficient (Wildman–Crippen LogP) is 3.46. The van der Waals surface area contributed by atoms with Crippen molar-refractivity contribution in [3.63, 3.8) is 0 Å². The van der Waals surface area contributed by atoms with Gasteiger partial charge in [0.05, 0.1) is 13.7 Å². The SMILES string of the molecule is COc1cc(Cl)cc(/C=C2/NC(=O)N(Cc3cccc(C)c3)C2=O)c1O. The number of amides is 3. The number of phenolic OH excluding ortho intramolecular Hbond substituents is 1. The maximum absolute atomic E-state index is 12.6. The van der Waals surface area contributed by atoms with Crippen LogP contribution in [0.3, 0.4) is 0 Å². The standard InChI is InChI=1S/C19H17ClN2O4/c1-11-4-3-5-12(6-11)10-22-18(24)15(21-19(22)25)8-13-7-14(20)9-16(26-2)17(13)23/h3-9,23H,10H2,1-2H3,(H,21,25)/b15-8+. The van der Waals surface area contributed by atoms with E-state index in [9.17, 15) is 14.7 Å².